The minimum atomic E-state index is -0.531. The highest BCUT2D eigenvalue weighted by Gasteiger charge is 2.52. The number of para-hydroxylation sites is 1. The van der Waals surface area contributed by atoms with Crippen LogP contribution in [0, 0.1) is 11.3 Å². The molecular weight excluding hydrogens is 563 g/mol. The standard InChI is InChI=1S/C30H36N8O3.BH2O2/c1-19(2)28(29(41)36-10-9-22(39)14-36)32-13-27(33-31)38-17-30(18-38)15-37(16-30)21-8-7-20-11-25(35-34-24(20)12-21)23-5-3-4-6-26(23)40;2-1-3/h3-8,11-13,19,22,28,39-40H,9-10,14-18,31H2,1-2H3;2-3H/b32-13?,33-27+;. The fourth-order valence-electron chi connectivity index (χ4n) is 6.11. The third-order valence-corrected chi connectivity index (χ3v) is 8.39. The van der Waals surface area contributed by atoms with Crippen LogP contribution in [0.15, 0.2) is 58.6 Å². The maximum atomic E-state index is 13.0. The lowest BCUT2D eigenvalue weighted by atomic mass is 9.72. The van der Waals surface area contributed by atoms with E-state index in [1.807, 2.05) is 38.1 Å². The van der Waals surface area contributed by atoms with Crippen molar-refractivity contribution in [3.8, 4) is 17.0 Å². The van der Waals surface area contributed by atoms with Gasteiger partial charge in [-0.15, -0.1) is 10.2 Å². The number of phenolic OH excluding ortho intramolecular Hbond substituents is 1. The topological polar surface area (TPSA) is 184 Å². The van der Waals surface area contributed by atoms with Crippen LogP contribution in [-0.2, 0) is 4.79 Å². The lowest BCUT2D eigenvalue weighted by molar-refractivity contribution is -0.132. The van der Waals surface area contributed by atoms with Crippen LogP contribution in [0.4, 0.5) is 5.69 Å². The Kier molecular flexibility index (Phi) is 9.32. The summed E-state index contributed by atoms with van der Waals surface area (Å²) in [5, 5.41) is 47.7. The van der Waals surface area contributed by atoms with E-state index in [-0.39, 0.29) is 30.7 Å². The Hall–Kier alpha value is -4.27. The van der Waals surface area contributed by atoms with Crippen molar-refractivity contribution in [1.29, 1.82) is 0 Å². The second-order valence-electron chi connectivity index (χ2n) is 12.0. The molecule has 3 saturated heterocycles. The number of aliphatic hydroxyl groups excluding tert-OH is 1. The number of phenols is 1. The highest BCUT2D eigenvalue weighted by atomic mass is 16.4. The molecule has 0 bridgehead atoms. The fraction of sp³-hybridized carbons (Fsp3) is 0.433. The number of nitrogens with zero attached hydrogens (tertiary/aromatic N) is 7. The Morgan fingerprint density at radius 2 is 1.82 bits per heavy atom. The second-order valence-corrected chi connectivity index (χ2v) is 12.0. The zero-order chi connectivity index (χ0) is 31.4. The SMILES string of the molecule is CC(C)C(N=C/C(=N\N)N1CC2(C1)CN(c1ccc3cc(-c4ccccc4O)nnc3c1)C2)C(=O)N1CCC(O)C1.O[B]O. The normalized spacial score (nSPS) is 20.0. The number of rotatable bonds is 6. The summed E-state index contributed by atoms with van der Waals surface area (Å²) in [5.41, 5.74) is 3.38. The maximum absolute atomic E-state index is 13.0. The molecule has 13 nitrogen and oxygen atoms in total. The average molecular weight is 601 g/mol. The molecule has 1 aromatic heterocycles. The second kappa shape index (κ2) is 13.2. The van der Waals surface area contributed by atoms with Gasteiger partial charge in [0.05, 0.1) is 23.5 Å². The highest BCUT2D eigenvalue weighted by molar-refractivity contribution is 6.29. The number of amidine groups is 1. The minimum Gasteiger partial charge on any atom is -0.507 e. The molecule has 231 valence electrons. The largest absolute Gasteiger partial charge is 0.507 e. The van der Waals surface area contributed by atoms with Gasteiger partial charge in [-0.25, -0.2) is 0 Å². The molecule has 3 aliphatic rings. The number of β-amino-alcohol motifs (C(OH)–C–C–N with tert-alkyl or cyclic N) is 1. The zero-order valence-electron chi connectivity index (χ0n) is 24.9. The molecule has 1 radical (unpaired) electrons. The molecule has 1 spiro atoms. The van der Waals surface area contributed by atoms with Gasteiger partial charge in [-0.1, -0.05) is 32.0 Å². The Bertz CT molecular complexity index is 1540. The predicted molar refractivity (Wildman–Crippen MR) is 169 cm³/mol. The van der Waals surface area contributed by atoms with E-state index >= 15 is 0 Å². The number of hydrazone groups is 1. The van der Waals surface area contributed by atoms with E-state index in [0.29, 0.717) is 36.6 Å². The number of aliphatic imine (C=N–C) groups is 1. The number of amides is 1. The molecular formula is C30H38BN8O5. The number of nitrogens with two attached hydrogens (primary N) is 1. The lowest BCUT2D eigenvalue weighted by Gasteiger charge is -2.61. The molecule has 0 aliphatic carbocycles. The Morgan fingerprint density at radius 3 is 2.45 bits per heavy atom. The lowest BCUT2D eigenvalue weighted by Crippen LogP contribution is -2.73. The summed E-state index contributed by atoms with van der Waals surface area (Å²) in [6.45, 7) is 8.34. The number of likely N-dealkylation sites (tertiary alicyclic amines) is 2. The number of carbonyl (C=O) groups is 1. The number of hydrogen-bond donors (Lipinski definition) is 5. The van der Waals surface area contributed by atoms with Crippen molar-refractivity contribution in [2.75, 3.05) is 44.2 Å². The van der Waals surface area contributed by atoms with Gasteiger partial charge >= 0.3 is 7.69 Å². The van der Waals surface area contributed by atoms with E-state index in [4.69, 9.17) is 15.9 Å². The van der Waals surface area contributed by atoms with Gasteiger partial charge < -0.3 is 40.8 Å². The first kappa shape index (κ1) is 31.2. The molecule has 3 aliphatic heterocycles. The number of fused-ring (bicyclic) bond motifs is 1. The summed E-state index contributed by atoms with van der Waals surface area (Å²) in [7, 11) is 0. The van der Waals surface area contributed by atoms with Crippen molar-refractivity contribution in [3.63, 3.8) is 0 Å². The van der Waals surface area contributed by atoms with Crippen molar-refractivity contribution in [3.05, 3.63) is 48.5 Å². The van der Waals surface area contributed by atoms with Crippen molar-refractivity contribution in [2.45, 2.75) is 32.4 Å². The maximum Gasteiger partial charge on any atom is 0.482 e. The van der Waals surface area contributed by atoms with Crippen molar-refractivity contribution < 1.29 is 25.1 Å². The molecule has 1 amide bonds. The number of anilines is 1. The molecule has 2 atom stereocenters. The Labute approximate surface area is 256 Å². The van der Waals surface area contributed by atoms with Gasteiger partial charge in [-0.3, -0.25) is 9.79 Å². The molecule has 3 fully saturated rings. The Morgan fingerprint density at radius 1 is 1.09 bits per heavy atom. The van der Waals surface area contributed by atoms with Crippen LogP contribution in [0.5, 0.6) is 5.75 Å². The van der Waals surface area contributed by atoms with Crippen LogP contribution < -0.4 is 10.7 Å². The molecule has 2 aromatic carbocycles. The smallest absolute Gasteiger partial charge is 0.482 e. The van der Waals surface area contributed by atoms with Crippen molar-refractivity contribution in [2.24, 2.45) is 27.3 Å². The zero-order valence-corrected chi connectivity index (χ0v) is 24.9. The van der Waals surface area contributed by atoms with Crippen molar-refractivity contribution in [1.82, 2.24) is 20.0 Å². The van der Waals surface area contributed by atoms with E-state index in [9.17, 15) is 15.0 Å². The van der Waals surface area contributed by atoms with E-state index in [2.05, 4.69) is 42.2 Å². The number of carbonyl (C=O) groups excluding carboxylic acids is 1. The summed E-state index contributed by atoms with van der Waals surface area (Å²) in [6, 6.07) is 14.7. The molecule has 6 rings (SSSR count). The van der Waals surface area contributed by atoms with Gasteiger partial charge in [0.25, 0.3) is 0 Å². The number of aromatic nitrogens is 2. The average Bonchev–Trinajstić information content (AvgIpc) is 3.41. The van der Waals surface area contributed by atoms with Gasteiger partial charge in [0.1, 0.15) is 11.8 Å². The number of aromatic hydroxyl groups is 1. The van der Waals surface area contributed by atoms with Crippen LogP contribution in [0.25, 0.3) is 22.2 Å². The van der Waals surface area contributed by atoms with Crippen molar-refractivity contribution >= 4 is 42.2 Å². The predicted octanol–water partition coefficient (Wildman–Crippen LogP) is 0.590. The first-order valence-electron chi connectivity index (χ1n) is 14.6. The van der Waals surface area contributed by atoms with Crippen LogP contribution >= 0.6 is 0 Å². The van der Waals surface area contributed by atoms with Gasteiger partial charge in [-0.05, 0) is 42.7 Å². The highest BCUT2D eigenvalue weighted by Crippen LogP contribution is 2.42. The van der Waals surface area contributed by atoms with Gasteiger partial charge in [-0.2, -0.15) is 5.10 Å². The quantitative estimate of drug-likeness (QED) is 0.0881. The molecule has 44 heavy (non-hydrogen) atoms. The molecule has 3 aromatic rings. The molecule has 6 N–H and O–H groups in total. The number of aliphatic hydroxyl groups is 1. The summed E-state index contributed by atoms with van der Waals surface area (Å²) >= 11 is 0. The van der Waals surface area contributed by atoms with Crippen LogP contribution in [0.1, 0.15) is 20.3 Å². The van der Waals surface area contributed by atoms with Crippen LogP contribution in [0.2, 0.25) is 0 Å². The van der Waals surface area contributed by atoms with Gasteiger partial charge in [0.15, 0.2) is 5.84 Å². The molecule has 14 heteroatoms. The van der Waals surface area contributed by atoms with Gasteiger partial charge in [0.2, 0.25) is 5.91 Å². The van der Waals surface area contributed by atoms with E-state index in [1.165, 1.54) is 0 Å². The van der Waals surface area contributed by atoms with E-state index in [1.54, 1.807) is 23.2 Å². The van der Waals surface area contributed by atoms with E-state index in [0.717, 1.165) is 42.8 Å². The third-order valence-electron chi connectivity index (χ3n) is 8.39. The molecule has 4 heterocycles. The first-order valence-corrected chi connectivity index (χ1v) is 14.6. The summed E-state index contributed by atoms with van der Waals surface area (Å²) in [6.07, 6.45) is 1.78. The third kappa shape index (κ3) is 6.47. The Balaban J connectivity index is 0.00000123. The molecule has 0 saturated carbocycles. The summed E-state index contributed by atoms with van der Waals surface area (Å²) < 4.78 is 0. The minimum absolute atomic E-state index is 0. The monoisotopic (exact) mass is 601 g/mol. The summed E-state index contributed by atoms with van der Waals surface area (Å²) in [5.74, 6) is 6.44. The van der Waals surface area contributed by atoms with Crippen LogP contribution in [-0.4, -0.2) is 117 Å². The fourth-order valence-corrected chi connectivity index (χ4v) is 6.11. The summed E-state index contributed by atoms with van der Waals surface area (Å²) in [4.78, 5) is 23.7. The van der Waals surface area contributed by atoms with Crippen LogP contribution in [0.3, 0.4) is 0 Å². The number of hydrogen-bond acceptors (Lipinski definition) is 11. The van der Waals surface area contributed by atoms with E-state index < -0.39 is 12.1 Å². The first-order chi connectivity index (χ1) is 21.2. The van der Waals surface area contributed by atoms with Gasteiger partial charge in [0, 0.05) is 61.3 Å². The number of benzene rings is 2. The molecule has 2 unspecified atom stereocenters.